The maximum atomic E-state index is 13.8. The van der Waals surface area contributed by atoms with Gasteiger partial charge in [0.15, 0.2) is 0 Å². The van der Waals surface area contributed by atoms with E-state index in [0.717, 1.165) is 12.0 Å². The summed E-state index contributed by atoms with van der Waals surface area (Å²) in [5, 5.41) is 3.52. The van der Waals surface area contributed by atoms with Gasteiger partial charge in [-0.1, -0.05) is 25.1 Å². The van der Waals surface area contributed by atoms with Gasteiger partial charge in [-0.2, -0.15) is 0 Å². The fraction of sp³-hybridized carbons (Fsp3) is 0.375. The lowest BCUT2D eigenvalue weighted by atomic mass is 10.0. The van der Waals surface area contributed by atoms with Crippen molar-refractivity contribution in [2.45, 2.75) is 39.3 Å². The lowest BCUT2D eigenvalue weighted by Crippen LogP contribution is -2.24. The van der Waals surface area contributed by atoms with E-state index >= 15 is 0 Å². The minimum Gasteiger partial charge on any atom is -0.302 e. The number of halogens is 1. The first-order chi connectivity index (χ1) is 9.11. The Morgan fingerprint density at radius 2 is 1.95 bits per heavy atom. The lowest BCUT2D eigenvalue weighted by Gasteiger charge is -2.22. The molecule has 0 amide bonds. The molecule has 0 aliphatic heterocycles. The molecule has 1 heterocycles. The van der Waals surface area contributed by atoms with Gasteiger partial charge < -0.3 is 5.32 Å². The number of hydrogen-bond donors (Lipinski definition) is 1. The molecule has 0 bridgehead atoms. The highest BCUT2D eigenvalue weighted by Gasteiger charge is 2.17. The van der Waals surface area contributed by atoms with Crippen molar-refractivity contribution in [3.8, 4) is 0 Å². The van der Waals surface area contributed by atoms with Gasteiger partial charge in [0.1, 0.15) is 5.82 Å². The number of thiophene rings is 1. The first-order valence-electron chi connectivity index (χ1n) is 6.68. The Bertz CT molecular complexity index is 535. The van der Waals surface area contributed by atoms with Crippen LogP contribution in [0.3, 0.4) is 0 Å². The highest BCUT2D eigenvalue weighted by Crippen LogP contribution is 2.27. The Labute approximate surface area is 118 Å². The van der Waals surface area contributed by atoms with Gasteiger partial charge in [0.25, 0.3) is 0 Å². The fourth-order valence-electron chi connectivity index (χ4n) is 2.26. The van der Waals surface area contributed by atoms with E-state index in [1.54, 1.807) is 17.4 Å². The molecule has 3 heteroatoms. The van der Waals surface area contributed by atoms with Crippen molar-refractivity contribution >= 4 is 11.3 Å². The summed E-state index contributed by atoms with van der Waals surface area (Å²) in [5.41, 5.74) is 0.755. The smallest absolute Gasteiger partial charge is 0.127 e. The average molecular weight is 277 g/mol. The van der Waals surface area contributed by atoms with Crippen LogP contribution in [0.15, 0.2) is 36.4 Å². The molecule has 2 rings (SSSR count). The van der Waals surface area contributed by atoms with E-state index < -0.39 is 0 Å². The molecule has 2 atom stereocenters. The number of benzene rings is 1. The first-order valence-corrected chi connectivity index (χ1v) is 7.50. The zero-order valence-electron chi connectivity index (χ0n) is 11.6. The van der Waals surface area contributed by atoms with Crippen LogP contribution in [0.4, 0.5) is 4.39 Å². The zero-order valence-corrected chi connectivity index (χ0v) is 12.4. The van der Waals surface area contributed by atoms with Crippen LogP contribution in [0.1, 0.15) is 47.7 Å². The minimum absolute atomic E-state index is 0.0543. The molecule has 2 aromatic rings. The SMILES string of the molecule is CCC(NC(C)c1ccc(C)s1)c1ccccc1F. The predicted octanol–water partition coefficient (Wildman–Crippen LogP) is 5.00. The van der Waals surface area contributed by atoms with Gasteiger partial charge in [-0.05, 0) is 38.5 Å². The van der Waals surface area contributed by atoms with Crippen LogP contribution in [-0.2, 0) is 0 Å². The van der Waals surface area contributed by atoms with Gasteiger partial charge in [-0.25, -0.2) is 4.39 Å². The molecule has 0 aliphatic rings. The van der Waals surface area contributed by atoms with Crippen molar-refractivity contribution in [3.05, 3.63) is 57.5 Å². The van der Waals surface area contributed by atoms with Crippen LogP contribution in [0.2, 0.25) is 0 Å². The maximum absolute atomic E-state index is 13.8. The summed E-state index contributed by atoms with van der Waals surface area (Å²) in [6.45, 7) is 6.32. The summed E-state index contributed by atoms with van der Waals surface area (Å²) >= 11 is 1.79. The van der Waals surface area contributed by atoms with E-state index in [1.165, 1.54) is 15.8 Å². The van der Waals surface area contributed by atoms with Crippen molar-refractivity contribution in [2.24, 2.45) is 0 Å². The standard InChI is InChI=1S/C16H20FNS/c1-4-15(13-7-5-6-8-14(13)17)18-12(3)16-10-9-11(2)19-16/h5-10,12,15,18H,4H2,1-3H3. The van der Waals surface area contributed by atoms with Crippen LogP contribution >= 0.6 is 11.3 Å². The lowest BCUT2D eigenvalue weighted by molar-refractivity contribution is 0.443. The molecule has 0 aliphatic carbocycles. The third-order valence-electron chi connectivity index (χ3n) is 3.33. The molecule has 0 fully saturated rings. The molecule has 1 aromatic heterocycles. The summed E-state index contributed by atoms with van der Waals surface area (Å²) in [6.07, 6.45) is 0.871. The van der Waals surface area contributed by atoms with Crippen LogP contribution in [0.25, 0.3) is 0 Å². The topological polar surface area (TPSA) is 12.0 Å². The molecule has 1 N–H and O–H groups in total. The molecule has 0 saturated heterocycles. The normalized spacial score (nSPS) is 14.3. The fourth-order valence-corrected chi connectivity index (χ4v) is 3.14. The Balaban J connectivity index is 2.13. The number of rotatable bonds is 5. The third kappa shape index (κ3) is 3.43. The Morgan fingerprint density at radius 3 is 2.53 bits per heavy atom. The summed E-state index contributed by atoms with van der Waals surface area (Å²) < 4.78 is 13.8. The highest BCUT2D eigenvalue weighted by atomic mass is 32.1. The van der Waals surface area contributed by atoms with E-state index in [-0.39, 0.29) is 17.9 Å². The molecule has 102 valence electrons. The minimum atomic E-state index is -0.128. The van der Waals surface area contributed by atoms with E-state index in [2.05, 4.69) is 38.2 Å². The molecule has 0 saturated carbocycles. The molecule has 19 heavy (non-hydrogen) atoms. The van der Waals surface area contributed by atoms with Crippen LogP contribution < -0.4 is 5.32 Å². The molecule has 1 aromatic carbocycles. The second-order valence-corrected chi connectivity index (χ2v) is 6.14. The van der Waals surface area contributed by atoms with Gasteiger partial charge in [0, 0.05) is 27.4 Å². The van der Waals surface area contributed by atoms with E-state index in [4.69, 9.17) is 0 Å². The molecule has 0 radical (unpaired) electrons. The molecule has 2 unspecified atom stereocenters. The molecular formula is C16H20FNS. The van der Waals surface area contributed by atoms with Crippen LogP contribution in [-0.4, -0.2) is 0 Å². The van der Waals surface area contributed by atoms with Gasteiger partial charge >= 0.3 is 0 Å². The summed E-state index contributed by atoms with van der Waals surface area (Å²) in [5.74, 6) is -0.128. The van der Waals surface area contributed by atoms with Gasteiger partial charge in [-0.3, -0.25) is 0 Å². The number of hydrogen-bond acceptors (Lipinski definition) is 2. The van der Waals surface area contributed by atoms with Gasteiger partial charge in [0.05, 0.1) is 0 Å². The summed E-state index contributed by atoms with van der Waals surface area (Å²) in [6, 6.07) is 11.6. The Morgan fingerprint density at radius 1 is 1.21 bits per heavy atom. The summed E-state index contributed by atoms with van der Waals surface area (Å²) in [7, 11) is 0. The third-order valence-corrected chi connectivity index (χ3v) is 4.51. The second-order valence-electron chi connectivity index (χ2n) is 4.82. The van der Waals surface area contributed by atoms with Crippen molar-refractivity contribution < 1.29 is 4.39 Å². The first kappa shape index (κ1) is 14.2. The van der Waals surface area contributed by atoms with E-state index in [0.29, 0.717) is 0 Å². The van der Waals surface area contributed by atoms with E-state index in [9.17, 15) is 4.39 Å². The summed E-state index contributed by atoms with van der Waals surface area (Å²) in [4.78, 5) is 2.61. The largest absolute Gasteiger partial charge is 0.302 e. The van der Waals surface area contributed by atoms with Crippen molar-refractivity contribution in [1.82, 2.24) is 5.32 Å². The van der Waals surface area contributed by atoms with Crippen LogP contribution in [0, 0.1) is 12.7 Å². The average Bonchev–Trinajstić information content (AvgIpc) is 2.83. The predicted molar refractivity (Wildman–Crippen MR) is 80.0 cm³/mol. The van der Waals surface area contributed by atoms with Crippen molar-refractivity contribution in [1.29, 1.82) is 0 Å². The maximum Gasteiger partial charge on any atom is 0.127 e. The van der Waals surface area contributed by atoms with Gasteiger partial charge in [0.2, 0.25) is 0 Å². The van der Waals surface area contributed by atoms with Gasteiger partial charge in [-0.15, -0.1) is 11.3 Å². The van der Waals surface area contributed by atoms with E-state index in [1.807, 2.05) is 12.1 Å². The van der Waals surface area contributed by atoms with Crippen LogP contribution in [0.5, 0.6) is 0 Å². The Hall–Kier alpha value is -1.19. The number of aryl methyl sites for hydroxylation is 1. The second kappa shape index (κ2) is 6.31. The monoisotopic (exact) mass is 277 g/mol. The van der Waals surface area contributed by atoms with Crippen molar-refractivity contribution in [3.63, 3.8) is 0 Å². The number of nitrogens with one attached hydrogen (secondary N) is 1. The van der Waals surface area contributed by atoms with Crippen molar-refractivity contribution in [2.75, 3.05) is 0 Å². The quantitative estimate of drug-likeness (QED) is 0.811. The zero-order chi connectivity index (χ0) is 13.8. The Kier molecular flexibility index (Phi) is 4.72. The molecular weight excluding hydrogens is 257 g/mol. The molecule has 0 spiro atoms. The highest BCUT2D eigenvalue weighted by molar-refractivity contribution is 7.12. The molecule has 1 nitrogen and oxygen atoms in total.